The molecule has 4 aromatic heterocycles. The molecule has 0 saturated carbocycles. The van der Waals surface area contributed by atoms with Crippen LogP contribution >= 0.6 is 0 Å². The van der Waals surface area contributed by atoms with Gasteiger partial charge in [-0.3, -0.25) is 9.78 Å². The lowest BCUT2D eigenvalue weighted by Gasteiger charge is -2.11. The number of H-pyrrole nitrogens is 1. The summed E-state index contributed by atoms with van der Waals surface area (Å²) >= 11 is 0. The van der Waals surface area contributed by atoms with Gasteiger partial charge in [0.1, 0.15) is 17.5 Å². The molecule has 1 N–H and O–H groups in total. The fourth-order valence-corrected chi connectivity index (χ4v) is 3.24. The second kappa shape index (κ2) is 6.35. The maximum Gasteiger partial charge on any atom is 0.191 e. The van der Waals surface area contributed by atoms with Crippen LogP contribution in [0.25, 0.3) is 38.9 Å². The van der Waals surface area contributed by atoms with Gasteiger partial charge in [0.15, 0.2) is 11.2 Å². The molecular formula is C21H11FN6O. The van der Waals surface area contributed by atoms with Crippen molar-refractivity contribution in [2.24, 2.45) is 0 Å². The van der Waals surface area contributed by atoms with E-state index < -0.39 is 5.82 Å². The number of fused-ring (bicyclic) bond motifs is 2. The molecule has 0 saturated heterocycles. The van der Waals surface area contributed by atoms with E-state index in [1.54, 1.807) is 24.4 Å². The SMILES string of the molecule is N#Cc1cnn(-c2nc3[nH]ccc(=O)c3cc2-c2ccc3ncc(F)cc3c2)c1. The number of pyridine rings is 3. The van der Waals surface area contributed by atoms with Gasteiger partial charge in [0.05, 0.1) is 35.1 Å². The standard InChI is InChI=1S/C21H11FN6O/c22-15-6-14-5-13(1-2-18(14)25-10-15)16-7-17-19(29)3-4-24-20(17)27-21(16)28-11-12(8-23)9-26-28/h1-7,9-11H,(H,24,27,29). The van der Waals surface area contributed by atoms with E-state index in [4.69, 9.17) is 5.26 Å². The van der Waals surface area contributed by atoms with Gasteiger partial charge in [0.25, 0.3) is 0 Å². The molecule has 0 spiro atoms. The highest BCUT2D eigenvalue weighted by atomic mass is 19.1. The number of aromatic amines is 1. The number of hydrogen-bond donors (Lipinski definition) is 1. The zero-order chi connectivity index (χ0) is 20.0. The van der Waals surface area contributed by atoms with E-state index in [0.29, 0.717) is 44.4 Å². The smallest absolute Gasteiger partial charge is 0.191 e. The Kier molecular flexibility index (Phi) is 3.67. The number of halogens is 1. The molecule has 0 aliphatic rings. The van der Waals surface area contributed by atoms with Crippen molar-refractivity contribution in [3.05, 3.63) is 82.8 Å². The lowest BCUT2D eigenvalue weighted by Crippen LogP contribution is -2.07. The summed E-state index contributed by atoms with van der Waals surface area (Å²) in [5.74, 6) is -0.00162. The first-order valence-corrected chi connectivity index (χ1v) is 8.66. The van der Waals surface area contributed by atoms with Crippen LogP contribution in [0.3, 0.4) is 0 Å². The van der Waals surface area contributed by atoms with Crippen molar-refractivity contribution in [1.29, 1.82) is 5.26 Å². The van der Waals surface area contributed by atoms with Crippen LogP contribution in [0.4, 0.5) is 4.39 Å². The molecule has 0 bridgehead atoms. The molecule has 5 rings (SSSR count). The number of hydrogen-bond acceptors (Lipinski definition) is 5. The zero-order valence-corrected chi connectivity index (χ0v) is 14.8. The van der Waals surface area contributed by atoms with Crippen LogP contribution in [0, 0.1) is 17.1 Å². The minimum absolute atomic E-state index is 0.175. The minimum atomic E-state index is -0.436. The molecule has 0 amide bonds. The monoisotopic (exact) mass is 382 g/mol. The summed E-state index contributed by atoms with van der Waals surface area (Å²) in [6, 6.07) is 12.0. The lowest BCUT2D eigenvalue weighted by atomic mass is 10.0. The van der Waals surface area contributed by atoms with Crippen LogP contribution in [0.1, 0.15) is 5.56 Å². The van der Waals surface area contributed by atoms with Crippen molar-refractivity contribution in [1.82, 2.24) is 24.7 Å². The van der Waals surface area contributed by atoms with Crippen LogP contribution in [0.5, 0.6) is 0 Å². The molecule has 29 heavy (non-hydrogen) atoms. The van der Waals surface area contributed by atoms with E-state index in [2.05, 4.69) is 20.1 Å². The molecule has 7 nitrogen and oxygen atoms in total. The summed E-state index contributed by atoms with van der Waals surface area (Å²) in [5, 5.41) is 14.4. The molecule has 0 fully saturated rings. The molecule has 0 radical (unpaired) electrons. The Balaban J connectivity index is 1.83. The summed E-state index contributed by atoms with van der Waals surface area (Å²) in [5.41, 5.74) is 2.59. The second-order valence-electron chi connectivity index (χ2n) is 6.44. The third-order valence-corrected chi connectivity index (χ3v) is 4.61. The quantitative estimate of drug-likeness (QED) is 0.505. The van der Waals surface area contributed by atoms with Crippen molar-refractivity contribution in [3.8, 4) is 23.0 Å². The Morgan fingerprint density at radius 1 is 1.14 bits per heavy atom. The Morgan fingerprint density at radius 3 is 2.86 bits per heavy atom. The van der Waals surface area contributed by atoms with Crippen LogP contribution < -0.4 is 5.43 Å². The van der Waals surface area contributed by atoms with Gasteiger partial charge in [0.2, 0.25) is 0 Å². The Bertz CT molecular complexity index is 1510. The first-order chi connectivity index (χ1) is 14.1. The number of rotatable bonds is 2. The van der Waals surface area contributed by atoms with Crippen molar-refractivity contribution in [2.45, 2.75) is 0 Å². The van der Waals surface area contributed by atoms with E-state index in [1.165, 1.54) is 29.2 Å². The highest BCUT2D eigenvalue weighted by Crippen LogP contribution is 2.30. The number of nitrogens with one attached hydrogen (secondary N) is 1. The van der Waals surface area contributed by atoms with Gasteiger partial charge in [0, 0.05) is 23.2 Å². The molecule has 138 valence electrons. The molecule has 0 atom stereocenters. The fourth-order valence-electron chi connectivity index (χ4n) is 3.24. The maximum atomic E-state index is 13.7. The van der Waals surface area contributed by atoms with Crippen LogP contribution in [-0.4, -0.2) is 24.7 Å². The predicted octanol–water partition coefficient (Wildman–Crippen LogP) is 3.33. The zero-order valence-electron chi connectivity index (χ0n) is 14.8. The third kappa shape index (κ3) is 2.82. The van der Waals surface area contributed by atoms with Crippen molar-refractivity contribution in [3.63, 3.8) is 0 Å². The number of benzene rings is 1. The Morgan fingerprint density at radius 2 is 2.03 bits per heavy atom. The van der Waals surface area contributed by atoms with Gasteiger partial charge < -0.3 is 4.98 Å². The first kappa shape index (κ1) is 16.8. The summed E-state index contributed by atoms with van der Waals surface area (Å²) in [4.78, 5) is 23.9. The fraction of sp³-hybridized carbons (Fsp3) is 0. The van der Waals surface area contributed by atoms with E-state index >= 15 is 0 Å². The molecule has 0 unspecified atom stereocenters. The normalized spacial score (nSPS) is 11.0. The summed E-state index contributed by atoms with van der Waals surface area (Å²) in [7, 11) is 0. The number of aromatic nitrogens is 5. The molecule has 8 heteroatoms. The highest BCUT2D eigenvalue weighted by molar-refractivity contribution is 5.89. The summed E-state index contributed by atoms with van der Waals surface area (Å²) in [6.45, 7) is 0. The summed E-state index contributed by atoms with van der Waals surface area (Å²) < 4.78 is 15.1. The largest absolute Gasteiger partial charge is 0.346 e. The Labute approximate surface area is 162 Å². The molecule has 5 aromatic rings. The van der Waals surface area contributed by atoms with Gasteiger partial charge >= 0.3 is 0 Å². The summed E-state index contributed by atoms with van der Waals surface area (Å²) in [6.07, 6.45) is 5.68. The minimum Gasteiger partial charge on any atom is -0.346 e. The topological polar surface area (TPSA) is 100 Å². The van der Waals surface area contributed by atoms with Gasteiger partial charge in [-0.2, -0.15) is 10.4 Å². The van der Waals surface area contributed by atoms with Gasteiger partial charge in [-0.05, 0) is 29.8 Å². The van der Waals surface area contributed by atoms with Crippen LogP contribution in [-0.2, 0) is 0 Å². The number of nitrogens with zero attached hydrogens (tertiary/aromatic N) is 5. The lowest BCUT2D eigenvalue weighted by molar-refractivity contribution is 0.624. The van der Waals surface area contributed by atoms with E-state index in [9.17, 15) is 9.18 Å². The van der Waals surface area contributed by atoms with Crippen molar-refractivity contribution in [2.75, 3.05) is 0 Å². The molecule has 1 aromatic carbocycles. The molecule has 0 aliphatic heterocycles. The Hall–Kier alpha value is -4.38. The van der Waals surface area contributed by atoms with E-state index in [-0.39, 0.29) is 5.43 Å². The average molecular weight is 382 g/mol. The third-order valence-electron chi connectivity index (χ3n) is 4.61. The number of nitriles is 1. The predicted molar refractivity (Wildman–Crippen MR) is 105 cm³/mol. The van der Waals surface area contributed by atoms with E-state index in [0.717, 1.165) is 6.20 Å². The van der Waals surface area contributed by atoms with Gasteiger partial charge in [-0.15, -0.1) is 0 Å². The van der Waals surface area contributed by atoms with Gasteiger partial charge in [-0.25, -0.2) is 14.1 Å². The van der Waals surface area contributed by atoms with E-state index in [1.807, 2.05) is 12.1 Å². The molecular weight excluding hydrogens is 371 g/mol. The second-order valence-corrected chi connectivity index (χ2v) is 6.44. The van der Waals surface area contributed by atoms with Crippen LogP contribution in [0.2, 0.25) is 0 Å². The van der Waals surface area contributed by atoms with Crippen LogP contribution in [0.15, 0.2) is 66.0 Å². The molecule has 4 heterocycles. The average Bonchev–Trinajstić information content (AvgIpc) is 3.22. The highest BCUT2D eigenvalue weighted by Gasteiger charge is 2.15. The van der Waals surface area contributed by atoms with Gasteiger partial charge in [-0.1, -0.05) is 6.07 Å². The van der Waals surface area contributed by atoms with Crippen molar-refractivity contribution >= 4 is 21.9 Å². The van der Waals surface area contributed by atoms with Crippen molar-refractivity contribution < 1.29 is 4.39 Å². The first-order valence-electron chi connectivity index (χ1n) is 8.66. The maximum absolute atomic E-state index is 13.7. The molecule has 0 aliphatic carbocycles.